The molecule has 0 aliphatic carbocycles. The lowest BCUT2D eigenvalue weighted by Crippen LogP contribution is -1.74. The normalized spacial score (nSPS) is 9.70. The van der Waals surface area contributed by atoms with E-state index in [1.165, 1.54) is 24.3 Å². The summed E-state index contributed by atoms with van der Waals surface area (Å²) in [5.41, 5.74) is 1.84. The Morgan fingerprint density at radius 2 is 0.600 bits per heavy atom. The van der Waals surface area contributed by atoms with Gasteiger partial charge >= 0.3 is 0 Å². The Balaban J connectivity index is 0.000000200. The Labute approximate surface area is 231 Å². The highest BCUT2D eigenvalue weighted by atomic mass is 16.3. The van der Waals surface area contributed by atoms with Gasteiger partial charge in [0.15, 0.2) is 0 Å². The summed E-state index contributed by atoms with van der Waals surface area (Å²) in [7, 11) is 0. The van der Waals surface area contributed by atoms with E-state index in [9.17, 15) is 10.2 Å². The minimum Gasteiger partial charge on any atom is -0.508 e. The van der Waals surface area contributed by atoms with Crippen LogP contribution in [0.25, 0.3) is 12.2 Å². The Bertz CT molecular complexity index is 1380. The van der Waals surface area contributed by atoms with E-state index in [4.69, 9.17) is 30.6 Å². The van der Waals surface area contributed by atoms with E-state index in [0.29, 0.717) is 5.75 Å². The van der Waals surface area contributed by atoms with Crippen molar-refractivity contribution < 1.29 is 40.9 Å². The summed E-state index contributed by atoms with van der Waals surface area (Å²) < 4.78 is 0. The van der Waals surface area contributed by atoms with Gasteiger partial charge in [0.25, 0.3) is 0 Å². The predicted molar refractivity (Wildman–Crippen MR) is 154 cm³/mol. The average molecular weight is 543 g/mol. The molecule has 5 aromatic carbocycles. The number of para-hydroxylation sites is 1. The Morgan fingerprint density at radius 3 is 0.950 bits per heavy atom. The zero-order valence-electron chi connectivity index (χ0n) is 21.3. The van der Waals surface area contributed by atoms with Crippen LogP contribution >= 0.6 is 0 Å². The first-order valence-corrected chi connectivity index (χ1v) is 11.8. The molecule has 0 atom stereocenters. The van der Waals surface area contributed by atoms with E-state index in [1.807, 2.05) is 48.6 Å². The molecule has 0 heterocycles. The predicted octanol–water partition coefficient (Wildman–Crippen LogP) is 6.56. The van der Waals surface area contributed by atoms with Gasteiger partial charge in [-0.05, 0) is 47.5 Å². The highest BCUT2D eigenvalue weighted by Gasteiger charge is 1.96. The van der Waals surface area contributed by atoms with Crippen LogP contribution in [0.1, 0.15) is 11.1 Å². The van der Waals surface area contributed by atoms with Crippen molar-refractivity contribution in [1.82, 2.24) is 0 Å². The van der Waals surface area contributed by atoms with Crippen molar-refractivity contribution in [1.29, 1.82) is 0 Å². The molecular formula is C32H30O8. The standard InChI is InChI=1S/C14H12O2.C6H6O3.C6H6O2.C6H6O/c15-13-8-12(9-14(16)10-13)7-6-11-4-2-1-3-5-11;7-4-1-5(8)3-6(9)2-4;7-5-2-1-3-6(8)4-5;7-6-4-2-1-3-5-6/h1-10,15-16H;1-3,7-9H;1-4,7-8H;1-5,7H. The summed E-state index contributed by atoms with van der Waals surface area (Å²) in [5.74, 6) is 0.186. The van der Waals surface area contributed by atoms with Crippen molar-refractivity contribution in [3.63, 3.8) is 0 Å². The zero-order valence-corrected chi connectivity index (χ0v) is 21.3. The van der Waals surface area contributed by atoms with Gasteiger partial charge in [0.05, 0.1) is 0 Å². The molecule has 8 nitrogen and oxygen atoms in total. The van der Waals surface area contributed by atoms with Gasteiger partial charge < -0.3 is 40.9 Å². The van der Waals surface area contributed by atoms with Crippen LogP contribution in [-0.4, -0.2) is 40.9 Å². The third-order valence-electron chi connectivity index (χ3n) is 4.67. The lowest BCUT2D eigenvalue weighted by molar-refractivity contribution is 0.428. The maximum Gasteiger partial charge on any atom is 0.122 e. The molecule has 0 aliphatic rings. The summed E-state index contributed by atoms with van der Waals surface area (Å²) in [6, 6.07) is 32.3. The number of aromatic hydroxyl groups is 8. The molecule has 0 aromatic heterocycles. The molecule has 8 N–H and O–H groups in total. The van der Waals surface area contributed by atoms with E-state index < -0.39 is 0 Å². The quantitative estimate of drug-likeness (QED) is 0.116. The monoisotopic (exact) mass is 542 g/mol. The number of hydrogen-bond donors (Lipinski definition) is 8. The van der Waals surface area contributed by atoms with Gasteiger partial charge in [0, 0.05) is 30.3 Å². The molecule has 0 unspecified atom stereocenters. The molecule has 5 rings (SSSR count). The van der Waals surface area contributed by atoms with Crippen LogP contribution in [0.3, 0.4) is 0 Å². The maximum absolute atomic E-state index is 9.30. The van der Waals surface area contributed by atoms with E-state index in [0.717, 1.165) is 29.3 Å². The number of phenolic OH excluding ortho intramolecular Hbond substituents is 8. The lowest BCUT2D eigenvalue weighted by Gasteiger charge is -1.98. The summed E-state index contributed by atoms with van der Waals surface area (Å²) in [6.45, 7) is 0. The van der Waals surface area contributed by atoms with Gasteiger partial charge in [-0.2, -0.15) is 0 Å². The van der Waals surface area contributed by atoms with Gasteiger partial charge in [-0.1, -0.05) is 66.7 Å². The fourth-order valence-corrected chi connectivity index (χ4v) is 2.97. The molecule has 0 saturated carbocycles. The second-order valence-electron chi connectivity index (χ2n) is 8.09. The third-order valence-corrected chi connectivity index (χ3v) is 4.67. The highest BCUT2D eigenvalue weighted by molar-refractivity contribution is 5.70. The summed E-state index contributed by atoms with van der Waals surface area (Å²) in [5, 5.41) is 70.6. The molecule has 40 heavy (non-hydrogen) atoms. The molecule has 5 aromatic rings. The van der Waals surface area contributed by atoms with Crippen LogP contribution in [-0.2, 0) is 0 Å². The van der Waals surface area contributed by atoms with E-state index in [1.54, 1.807) is 42.5 Å². The SMILES string of the molecule is Oc1cc(O)cc(C=Cc2ccccc2)c1.Oc1cc(O)cc(O)c1.Oc1cccc(O)c1.Oc1ccccc1. The topological polar surface area (TPSA) is 162 Å². The van der Waals surface area contributed by atoms with Crippen molar-refractivity contribution in [2.24, 2.45) is 0 Å². The fourth-order valence-electron chi connectivity index (χ4n) is 2.97. The van der Waals surface area contributed by atoms with Gasteiger partial charge in [-0.25, -0.2) is 0 Å². The van der Waals surface area contributed by atoms with Crippen LogP contribution in [0.2, 0.25) is 0 Å². The summed E-state index contributed by atoms with van der Waals surface area (Å²) in [6.07, 6.45) is 3.77. The first-order valence-electron chi connectivity index (χ1n) is 11.8. The van der Waals surface area contributed by atoms with Crippen molar-refractivity contribution in [3.05, 3.63) is 132 Å². The van der Waals surface area contributed by atoms with Gasteiger partial charge in [-0.15, -0.1) is 0 Å². The molecule has 0 radical (unpaired) electrons. The number of hydrogen-bond acceptors (Lipinski definition) is 8. The Kier molecular flexibility index (Phi) is 12.3. The Morgan fingerprint density at radius 1 is 0.275 bits per heavy atom. The molecule has 8 heteroatoms. The van der Waals surface area contributed by atoms with E-state index >= 15 is 0 Å². The second-order valence-corrected chi connectivity index (χ2v) is 8.09. The van der Waals surface area contributed by atoms with Crippen molar-refractivity contribution in [2.75, 3.05) is 0 Å². The lowest BCUT2D eigenvalue weighted by atomic mass is 10.1. The molecule has 206 valence electrons. The minimum atomic E-state index is -0.146. The van der Waals surface area contributed by atoms with Gasteiger partial charge in [0.1, 0.15) is 46.0 Å². The van der Waals surface area contributed by atoms with Gasteiger partial charge in [0.2, 0.25) is 0 Å². The van der Waals surface area contributed by atoms with E-state index in [-0.39, 0.29) is 40.2 Å². The smallest absolute Gasteiger partial charge is 0.122 e. The van der Waals surface area contributed by atoms with Crippen LogP contribution in [0.15, 0.2) is 121 Å². The molecule has 0 bridgehead atoms. The maximum atomic E-state index is 9.30. The number of benzene rings is 5. The third kappa shape index (κ3) is 13.0. The van der Waals surface area contributed by atoms with Gasteiger partial charge in [-0.3, -0.25) is 0 Å². The minimum absolute atomic E-state index is 0.0627. The fraction of sp³-hybridized carbons (Fsp3) is 0. The zero-order chi connectivity index (χ0) is 29.3. The van der Waals surface area contributed by atoms with Crippen molar-refractivity contribution in [3.8, 4) is 46.0 Å². The Hall–Kier alpha value is -5.76. The summed E-state index contributed by atoms with van der Waals surface area (Å²) in [4.78, 5) is 0. The van der Waals surface area contributed by atoms with Crippen molar-refractivity contribution in [2.45, 2.75) is 0 Å². The molecule has 0 amide bonds. The number of phenols is 8. The highest BCUT2D eigenvalue weighted by Crippen LogP contribution is 2.24. The summed E-state index contributed by atoms with van der Waals surface area (Å²) >= 11 is 0. The first kappa shape index (κ1) is 30.5. The average Bonchev–Trinajstić information content (AvgIpc) is 2.88. The van der Waals surface area contributed by atoms with Crippen LogP contribution < -0.4 is 0 Å². The second kappa shape index (κ2) is 16.2. The molecule has 0 aliphatic heterocycles. The molecule has 0 saturated heterocycles. The number of rotatable bonds is 2. The largest absolute Gasteiger partial charge is 0.508 e. The first-order chi connectivity index (χ1) is 19.1. The van der Waals surface area contributed by atoms with Crippen LogP contribution in [0.5, 0.6) is 46.0 Å². The van der Waals surface area contributed by atoms with Crippen molar-refractivity contribution >= 4 is 12.2 Å². The van der Waals surface area contributed by atoms with E-state index in [2.05, 4.69) is 0 Å². The van der Waals surface area contributed by atoms with Crippen LogP contribution in [0, 0.1) is 0 Å². The van der Waals surface area contributed by atoms with Crippen LogP contribution in [0.4, 0.5) is 0 Å². The molecule has 0 spiro atoms. The molecule has 0 fully saturated rings. The molecular weight excluding hydrogens is 512 g/mol.